The quantitative estimate of drug-likeness (QED) is 0.804. The van der Waals surface area contributed by atoms with Gasteiger partial charge < -0.3 is 10.1 Å². The predicted molar refractivity (Wildman–Crippen MR) is 60.9 cm³/mol. The van der Waals surface area contributed by atoms with Crippen molar-refractivity contribution in [1.82, 2.24) is 20.3 Å². The Bertz CT molecular complexity index is 307. The Kier molecular flexibility index (Phi) is 4.30. The van der Waals surface area contributed by atoms with Crippen LogP contribution in [0.2, 0.25) is 0 Å². The molecule has 2 heterocycles. The third-order valence-corrected chi connectivity index (χ3v) is 2.94. The van der Waals surface area contributed by atoms with Crippen LogP contribution in [0.5, 0.6) is 0 Å². The lowest BCUT2D eigenvalue weighted by Crippen LogP contribution is -2.30. The van der Waals surface area contributed by atoms with Crippen LogP contribution in [0.1, 0.15) is 25.5 Å². The molecule has 0 spiro atoms. The van der Waals surface area contributed by atoms with Crippen molar-refractivity contribution in [1.29, 1.82) is 0 Å². The Morgan fingerprint density at radius 2 is 2.31 bits per heavy atom. The number of rotatable bonds is 5. The third-order valence-electron chi connectivity index (χ3n) is 2.94. The molecule has 5 heteroatoms. The minimum Gasteiger partial charge on any atom is -0.375 e. The number of nitrogens with zero attached hydrogens (tertiary/aromatic N) is 3. The lowest BCUT2D eigenvalue weighted by Gasteiger charge is -2.21. The van der Waals surface area contributed by atoms with Crippen molar-refractivity contribution in [2.24, 2.45) is 5.92 Å². The first-order valence-electron chi connectivity index (χ1n) is 6.06. The van der Waals surface area contributed by atoms with Gasteiger partial charge in [0, 0.05) is 13.2 Å². The molecule has 0 saturated carbocycles. The highest BCUT2D eigenvalue weighted by Crippen LogP contribution is 2.13. The van der Waals surface area contributed by atoms with Crippen molar-refractivity contribution in [2.45, 2.75) is 32.9 Å². The maximum absolute atomic E-state index is 5.30. The van der Waals surface area contributed by atoms with Crippen molar-refractivity contribution in [3.05, 3.63) is 11.9 Å². The van der Waals surface area contributed by atoms with Gasteiger partial charge in [0.1, 0.15) is 5.69 Å². The van der Waals surface area contributed by atoms with Gasteiger partial charge in [-0.2, -0.15) is 0 Å². The largest absolute Gasteiger partial charge is 0.375 e. The molecule has 2 rings (SSSR count). The Labute approximate surface area is 96.2 Å². The van der Waals surface area contributed by atoms with Crippen LogP contribution >= 0.6 is 0 Å². The maximum atomic E-state index is 5.30. The topological polar surface area (TPSA) is 52.0 Å². The number of piperidine rings is 1. The van der Waals surface area contributed by atoms with Crippen LogP contribution in [-0.2, 0) is 17.9 Å². The summed E-state index contributed by atoms with van der Waals surface area (Å²) in [6, 6.07) is 0. The minimum absolute atomic E-state index is 0.572. The molecule has 5 nitrogen and oxygen atoms in total. The Morgan fingerprint density at radius 3 is 3.06 bits per heavy atom. The van der Waals surface area contributed by atoms with Gasteiger partial charge in [-0.25, -0.2) is 0 Å². The molecular weight excluding hydrogens is 204 g/mol. The lowest BCUT2D eigenvalue weighted by atomic mass is 9.98. The fourth-order valence-electron chi connectivity index (χ4n) is 2.03. The highest BCUT2D eigenvalue weighted by Gasteiger charge is 2.14. The van der Waals surface area contributed by atoms with Crippen LogP contribution in [0.4, 0.5) is 0 Å². The number of ether oxygens (including phenoxy) is 1. The molecule has 1 N–H and O–H groups in total. The highest BCUT2D eigenvalue weighted by atomic mass is 16.5. The summed E-state index contributed by atoms with van der Waals surface area (Å²) in [6.07, 6.45) is 4.47. The van der Waals surface area contributed by atoms with Gasteiger partial charge in [-0.1, -0.05) is 5.21 Å². The van der Waals surface area contributed by atoms with E-state index in [1.54, 1.807) is 0 Å². The molecule has 1 saturated heterocycles. The zero-order valence-corrected chi connectivity index (χ0v) is 9.85. The molecule has 1 aromatic heterocycles. The molecule has 0 aliphatic carbocycles. The number of aromatic nitrogens is 3. The van der Waals surface area contributed by atoms with E-state index >= 15 is 0 Å². The van der Waals surface area contributed by atoms with Crippen LogP contribution < -0.4 is 5.32 Å². The molecule has 16 heavy (non-hydrogen) atoms. The summed E-state index contributed by atoms with van der Waals surface area (Å²) >= 11 is 0. The Morgan fingerprint density at radius 1 is 1.50 bits per heavy atom. The third kappa shape index (κ3) is 3.28. The summed E-state index contributed by atoms with van der Waals surface area (Å²) in [4.78, 5) is 0. The molecule has 0 aromatic carbocycles. The van der Waals surface area contributed by atoms with Crippen LogP contribution in [-0.4, -0.2) is 34.7 Å². The zero-order chi connectivity index (χ0) is 11.2. The molecule has 1 aliphatic rings. The molecular formula is C11H20N4O. The molecule has 1 fully saturated rings. The van der Waals surface area contributed by atoms with E-state index in [0.717, 1.165) is 37.9 Å². The zero-order valence-electron chi connectivity index (χ0n) is 9.85. The summed E-state index contributed by atoms with van der Waals surface area (Å²) < 4.78 is 7.25. The van der Waals surface area contributed by atoms with Gasteiger partial charge in [0.2, 0.25) is 0 Å². The van der Waals surface area contributed by atoms with E-state index in [2.05, 4.69) is 15.6 Å². The standard InChI is InChI=1S/C11H20N4O/c1-2-16-9-11-8-15(14-13-11)7-10-3-5-12-6-4-10/h8,10,12H,2-7,9H2,1H3. The van der Waals surface area contributed by atoms with Gasteiger partial charge in [0.05, 0.1) is 12.8 Å². The van der Waals surface area contributed by atoms with Crippen molar-refractivity contribution in [3.8, 4) is 0 Å². The van der Waals surface area contributed by atoms with Crippen molar-refractivity contribution < 1.29 is 4.74 Å². The van der Waals surface area contributed by atoms with Gasteiger partial charge in [-0.15, -0.1) is 5.10 Å². The van der Waals surface area contributed by atoms with Crippen molar-refractivity contribution >= 4 is 0 Å². The second-order valence-electron chi connectivity index (χ2n) is 4.26. The summed E-state index contributed by atoms with van der Waals surface area (Å²) in [6.45, 7) is 6.53. The minimum atomic E-state index is 0.572. The molecule has 1 aliphatic heterocycles. The smallest absolute Gasteiger partial charge is 0.108 e. The van der Waals surface area contributed by atoms with Gasteiger partial charge in [-0.3, -0.25) is 4.68 Å². The van der Waals surface area contributed by atoms with E-state index in [1.807, 2.05) is 17.8 Å². The molecule has 90 valence electrons. The predicted octanol–water partition coefficient (Wildman–Crippen LogP) is 0.814. The first kappa shape index (κ1) is 11.5. The summed E-state index contributed by atoms with van der Waals surface area (Å²) in [5.74, 6) is 0.739. The van der Waals surface area contributed by atoms with Gasteiger partial charge >= 0.3 is 0 Å². The highest BCUT2D eigenvalue weighted by molar-refractivity contribution is 4.89. The Balaban J connectivity index is 1.81. The monoisotopic (exact) mass is 224 g/mol. The van der Waals surface area contributed by atoms with Crippen molar-refractivity contribution in [2.75, 3.05) is 19.7 Å². The summed E-state index contributed by atoms with van der Waals surface area (Å²) in [7, 11) is 0. The van der Waals surface area contributed by atoms with Gasteiger partial charge in [0.15, 0.2) is 0 Å². The average Bonchev–Trinajstić information content (AvgIpc) is 2.75. The average molecular weight is 224 g/mol. The van der Waals surface area contributed by atoms with E-state index in [0.29, 0.717) is 6.61 Å². The van der Waals surface area contributed by atoms with E-state index in [1.165, 1.54) is 12.8 Å². The first-order chi connectivity index (χ1) is 7.88. The van der Waals surface area contributed by atoms with Gasteiger partial charge in [-0.05, 0) is 38.8 Å². The van der Waals surface area contributed by atoms with Crippen LogP contribution in [0.25, 0.3) is 0 Å². The molecule has 0 amide bonds. The SMILES string of the molecule is CCOCc1cn(CC2CCNCC2)nn1. The summed E-state index contributed by atoms with van der Waals surface area (Å²) in [5, 5.41) is 11.6. The van der Waals surface area contributed by atoms with Crippen LogP contribution in [0.15, 0.2) is 6.20 Å². The second kappa shape index (κ2) is 5.96. The molecule has 0 radical (unpaired) electrons. The fourth-order valence-corrected chi connectivity index (χ4v) is 2.03. The number of hydrogen-bond acceptors (Lipinski definition) is 4. The van der Waals surface area contributed by atoms with Gasteiger partial charge in [0.25, 0.3) is 0 Å². The molecule has 0 atom stereocenters. The lowest BCUT2D eigenvalue weighted by molar-refractivity contribution is 0.131. The maximum Gasteiger partial charge on any atom is 0.108 e. The normalized spacial score (nSPS) is 17.8. The Hall–Kier alpha value is -0.940. The second-order valence-corrected chi connectivity index (χ2v) is 4.26. The first-order valence-corrected chi connectivity index (χ1v) is 6.06. The van der Waals surface area contributed by atoms with Crippen molar-refractivity contribution in [3.63, 3.8) is 0 Å². The van der Waals surface area contributed by atoms with E-state index in [9.17, 15) is 0 Å². The number of hydrogen-bond donors (Lipinski definition) is 1. The molecule has 1 aromatic rings. The van der Waals surface area contributed by atoms with E-state index in [-0.39, 0.29) is 0 Å². The summed E-state index contributed by atoms with van der Waals surface area (Å²) in [5.41, 5.74) is 0.927. The molecule has 0 unspecified atom stereocenters. The van der Waals surface area contributed by atoms with E-state index in [4.69, 9.17) is 4.74 Å². The van der Waals surface area contributed by atoms with Crippen LogP contribution in [0, 0.1) is 5.92 Å². The fraction of sp³-hybridized carbons (Fsp3) is 0.818. The number of nitrogens with one attached hydrogen (secondary N) is 1. The van der Waals surface area contributed by atoms with E-state index < -0.39 is 0 Å². The van der Waals surface area contributed by atoms with Crippen LogP contribution in [0.3, 0.4) is 0 Å². The molecule has 0 bridgehead atoms.